The molecule has 0 aromatic heterocycles. The minimum Gasteiger partial charge on any atom is -0.459 e. The summed E-state index contributed by atoms with van der Waals surface area (Å²) >= 11 is 6.13. The minimum atomic E-state index is -0.715. The standard InChI is InChI=1S/C16H25ClN2O3/c1-4-5-8-18-12-6-7-14(15(17)9-12)16(21)22-11-13(20)10-19(2)3/h6-7,9,13,18,20H,4-5,8,10-11H2,1-3H3. The fourth-order valence-electron chi connectivity index (χ4n) is 1.92. The van der Waals surface area contributed by atoms with Crippen LogP contribution in [-0.4, -0.2) is 55.9 Å². The highest BCUT2D eigenvalue weighted by molar-refractivity contribution is 6.33. The van der Waals surface area contributed by atoms with E-state index >= 15 is 0 Å². The summed E-state index contributed by atoms with van der Waals surface area (Å²) in [6.07, 6.45) is 1.47. The summed E-state index contributed by atoms with van der Waals surface area (Å²) in [6.45, 7) is 3.37. The number of benzene rings is 1. The first-order valence-corrected chi connectivity index (χ1v) is 7.85. The van der Waals surface area contributed by atoms with Crippen LogP contribution in [0.2, 0.25) is 5.02 Å². The maximum atomic E-state index is 12.0. The topological polar surface area (TPSA) is 61.8 Å². The molecule has 0 fully saturated rings. The van der Waals surface area contributed by atoms with Gasteiger partial charge in [0, 0.05) is 18.8 Å². The summed E-state index contributed by atoms with van der Waals surface area (Å²) in [4.78, 5) is 13.8. The molecule has 124 valence electrons. The Kier molecular flexibility index (Phi) is 8.24. The number of carbonyl (C=O) groups is 1. The van der Waals surface area contributed by atoms with Crippen molar-refractivity contribution >= 4 is 23.3 Å². The zero-order valence-corrected chi connectivity index (χ0v) is 14.2. The minimum absolute atomic E-state index is 0.0517. The molecule has 0 heterocycles. The predicted octanol–water partition coefficient (Wildman–Crippen LogP) is 2.63. The van der Waals surface area contributed by atoms with Crippen molar-refractivity contribution in [1.29, 1.82) is 0 Å². The Hall–Kier alpha value is -1.30. The third kappa shape index (κ3) is 6.64. The van der Waals surface area contributed by atoms with Crippen LogP contribution in [0.25, 0.3) is 0 Å². The number of nitrogens with one attached hydrogen (secondary N) is 1. The zero-order chi connectivity index (χ0) is 16.5. The molecule has 1 aromatic rings. The van der Waals surface area contributed by atoms with Crippen LogP contribution in [-0.2, 0) is 4.74 Å². The second kappa shape index (κ2) is 9.66. The molecule has 0 saturated carbocycles. The number of hydrogen-bond acceptors (Lipinski definition) is 5. The van der Waals surface area contributed by atoms with E-state index in [9.17, 15) is 9.90 Å². The van der Waals surface area contributed by atoms with Gasteiger partial charge in [0.15, 0.2) is 0 Å². The number of hydrogen-bond donors (Lipinski definition) is 2. The summed E-state index contributed by atoms with van der Waals surface area (Å²) in [5, 5.41) is 13.3. The van der Waals surface area contributed by atoms with Gasteiger partial charge in [0.25, 0.3) is 0 Å². The smallest absolute Gasteiger partial charge is 0.339 e. The first kappa shape index (κ1) is 18.7. The van der Waals surface area contributed by atoms with Crippen LogP contribution in [0.1, 0.15) is 30.1 Å². The molecule has 2 N–H and O–H groups in total. The summed E-state index contributed by atoms with van der Waals surface area (Å²) < 4.78 is 5.09. The van der Waals surface area contributed by atoms with Gasteiger partial charge >= 0.3 is 5.97 Å². The summed E-state index contributed by atoms with van der Waals surface area (Å²) in [5.74, 6) is -0.525. The second-order valence-electron chi connectivity index (χ2n) is 5.49. The molecular weight excluding hydrogens is 304 g/mol. The Morgan fingerprint density at radius 2 is 2.18 bits per heavy atom. The molecule has 0 bridgehead atoms. The van der Waals surface area contributed by atoms with Crippen LogP contribution >= 0.6 is 11.6 Å². The SMILES string of the molecule is CCCCNc1ccc(C(=O)OCC(O)CN(C)C)c(Cl)c1. The molecule has 5 nitrogen and oxygen atoms in total. The zero-order valence-electron chi connectivity index (χ0n) is 13.4. The van der Waals surface area contributed by atoms with Gasteiger partial charge in [-0.3, -0.25) is 0 Å². The molecule has 1 rings (SSSR count). The number of aliphatic hydroxyl groups excluding tert-OH is 1. The number of nitrogens with zero attached hydrogens (tertiary/aromatic N) is 1. The van der Waals surface area contributed by atoms with E-state index in [-0.39, 0.29) is 6.61 Å². The van der Waals surface area contributed by atoms with Crippen LogP contribution in [0.3, 0.4) is 0 Å². The van der Waals surface area contributed by atoms with E-state index in [1.54, 1.807) is 18.2 Å². The lowest BCUT2D eigenvalue weighted by atomic mass is 10.2. The second-order valence-corrected chi connectivity index (χ2v) is 5.90. The lowest BCUT2D eigenvalue weighted by Gasteiger charge is -2.16. The molecule has 0 spiro atoms. The van der Waals surface area contributed by atoms with E-state index in [1.165, 1.54) is 0 Å². The predicted molar refractivity (Wildman–Crippen MR) is 89.7 cm³/mol. The first-order chi connectivity index (χ1) is 10.4. The molecule has 22 heavy (non-hydrogen) atoms. The van der Waals surface area contributed by atoms with Crippen molar-refractivity contribution in [2.24, 2.45) is 0 Å². The molecule has 1 aromatic carbocycles. The highest BCUT2D eigenvalue weighted by Crippen LogP contribution is 2.22. The van der Waals surface area contributed by atoms with Gasteiger partial charge in [-0.1, -0.05) is 24.9 Å². The van der Waals surface area contributed by atoms with E-state index in [0.29, 0.717) is 17.1 Å². The normalized spacial score (nSPS) is 12.3. The van der Waals surface area contributed by atoms with Gasteiger partial charge in [-0.2, -0.15) is 0 Å². The van der Waals surface area contributed by atoms with Crippen molar-refractivity contribution in [3.63, 3.8) is 0 Å². The molecule has 1 atom stereocenters. The lowest BCUT2D eigenvalue weighted by Crippen LogP contribution is -2.30. The Balaban J connectivity index is 2.55. The maximum absolute atomic E-state index is 12.0. The van der Waals surface area contributed by atoms with Gasteiger partial charge in [0.05, 0.1) is 10.6 Å². The number of likely N-dealkylation sites (N-methyl/N-ethyl adjacent to an activating group) is 1. The van der Waals surface area contributed by atoms with Crippen LogP contribution in [0.5, 0.6) is 0 Å². The molecule has 0 aliphatic rings. The Morgan fingerprint density at radius 3 is 2.77 bits per heavy atom. The van der Waals surface area contributed by atoms with E-state index in [4.69, 9.17) is 16.3 Å². The van der Waals surface area contributed by atoms with E-state index < -0.39 is 12.1 Å². The molecular formula is C16H25ClN2O3. The first-order valence-electron chi connectivity index (χ1n) is 7.47. The van der Waals surface area contributed by atoms with Crippen LogP contribution < -0.4 is 5.32 Å². The Bertz CT molecular complexity index is 480. The summed E-state index contributed by atoms with van der Waals surface area (Å²) in [6, 6.07) is 5.15. The van der Waals surface area contributed by atoms with Crippen molar-refractivity contribution in [1.82, 2.24) is 4.90 Å². The molecule has 0 aliphatic heterocycles. The maximum Gasteiger partial charge on any atom is 0.339 e. The van der Waals surface area contributed by atoms with Gasteiger partial charge in [-0.15, -0.1) is 0 Å². The van der Waals surface area contributed by atoms with Crippen molar-refractivity contribution in [3.8, 4) is 0 Å². The average molecular weight is 329 g/mol. The van der Waals surface area contributed by atoms with E-state index in [2.05, 4.69) is 12.2 Å². The number of aliphatic hydroxyl groups is 1. The highest BCUT2D eigenvalue weighted by Gasteiger charge is 2.15. The van der Waals surface area contributed by atoms with E-state index in [1.807, 2.05) is 19.0 Å². The number of unbranched alkanes of at least 4 members (excludes halogenated alkanes) is 1. The van der Waals surface area contributed by atoms with E-state index in [0.717, 1.165) is 25.1 Å². The quantitative estimate of drug-likeness (QED) is 0.539. The van der Waals surface area contributed by atoms with Gasteiger partial charge in [0.2, 0.25) is 0 Å². The largest absolute Gasteiger partial charge is 0.459 e. The number of rotatable bonds is 9. The van der Waals surface area contributed by atoms with Gasteiger partial charge in [0.1, 0.15) is 12.7 Å². The molecule has 0 amide bonds. The van der Waals surface area contributed by atoms with Crippen LogP contribution in [0.4, 0.5) is 5.69 Å². The van der Waals surface area contributed by atoms with Gasteiger partial charge in [-0.05, 0) is 38.7 Å². The number of halogens is 1. The molecule has 0 radical (unpaired) electrons. The molecule has 0 aliphatic carbocycles. The highest BCUT2D eigenvalue weighted by atomic mass is 35.5. The molecule has 1 unspecified atom stereocenters. The Morgan fingerprint density at radius 1 is 1.45 bits per heavy atom. The van der Waals surface area contributed by atoms with Crippen LogP contribution in [0.15, 0.2) is 18.2 Å². The fourth-order valence-corrected chi connectivity index (χ4v) is 2.18. The van der Waals surface area contributed by atoms with Gasteiger partial charge < -0.3 is 20.1 Å². The summed E-state index contributed by atoms with van der Waals surface area (Å²) in [7, 11) is 3.68. The third-order valence-corrected chi connectivity index (χ3v) is 3.34. The monoisotopic (exact) mass is 328 g/mol. The van der Waals surface area contributed by atoms with Crippen molar-refractivity contribution in [2.45, 2.75) is 25.9 Å². The van der Waals surface area contributed by atoms with Gasteiger partial charge in [-0.25, -0.2) is 4.79 Å². The third-order valence-electron chi connectivity index (χ3n) is 3.03. The average Bonchev–Trinajstić information content (AvgIpc) is 2.44. The lowest BCUT2D eigenvalue weighted by molar-refractivity contribution is 0.0198. The number of carbonyl (C=O) groups excluding carboxylic acids is 1. The number of anilines is 1. The van der Waals surface area contributed by atoms with Crippen molar-refractivity contribution < 1.29 is 14.6 Å². The number of esters is 1. The van der Waals surface area contributed by atoms with Crippen molar-refractivity contribution in [2.75, 3.05) is 39.1 Å². The van der Waals surface area contributed by atoms with Crippen LogP contribution in [0, 0.1) is 0 Å². The molecule has 0 saturated heterocycles. The van der Waals surface area contributed by atoms with Crippen molar-refractivity contribution in [3.05, 3.63) is 28.8 Å². The molecule has 6 heteroatoms. The number of ether oxygens (including phenoxy) is 1. The summed E-state index contributed by atoms with van der Waals surface area (Å²) in [5.41, 5.74) is 1.18. The fraction of sp³-hybridized carbons (Fsp3) is 0.562. The Labute approximate surface area is 137 Å².